The molecule has 2 atom stereocenters. The number of hydrogen-bond donors (Lipinski definition) is 1. The van der Waals surface area contributed by atoms with Crippen LogP contribution in [0.25, 0.3) is 5.82 Å². The zero-order chi connectivity index (χ0) is 16.9. The van der Waals surface area contributed by atoms with Crippen molar-refractivity contribution in [3.63, 3.8) is 0 Å². The van der Waals surface area contributed by atoms with Gasteiger partial charge in [0.25, 0.3) is 0 Å². The van der Waals surface area contributed by atoms with E-state index in [0.717, 1.165) is 29.6 Å². The number of aryl methyl sites for hydroxylation is 2. The summed E-state index contributed by atoms with van der Waals surface area (Å²) in [4.78, 5) is 8.85. The van der Waals surface area contributed by atoms with Crippen molar-refractivity contribution < 1.29 is 4.74 Å². The summed E-state index contributed by atoms with van der Waals surface area (Å²) in [6.07, 6.45) is 8.98. The predicted molar refractivity (Wildman–Crippen MR) is 94.5 cm³/mol. The molecule has 1 saturated carbocycles. The molecule has 0 spiro atoms. The Morgan fingerprint density at radius 3 is 2.83 bits per heavy atom. The smallest absolute Gasteiger partial charge is 0.174 e. The number of hydrogen-bond acceptors (Lipinski definition) is 5. The molecule has 3 rings (SSSR count). The van der Waals surface area contributed by atoms with Crippen LogP contribution in [0.2, 0.25) is 0 Å². The van der Waals surface area contributed by atoms with E-state index in [9.17, 15) is 0 Å². The van der Waals surface area contributed by atoms with Crippen LogP contribution in [-0.2, 0) is 4.74 Å². The fourth-order valence-electron chi connectivity index (χ4n) is 3.32. The molecule has 2 unspecified atom stereocenters. The summed E-state index contributed by atoms with van der Waals surface area (Å²) >= 11 is 0. The summed E-state index contributed by atoms with van der Waals surface area (Å²) in [6.45, 7) is 7.71. The number of aromatic nitrogens is 4. The molecular weight excluding hydrogens is 302 g/mol. The van der Waals surface area contributed by atoms with Gasteiger partial charge in [0.2, 0.25) is 0 Å². The molecule has 0 aromatic carbocycles. The molecule has 24 heavy (non-hydrogen) atoms. The van der Waals surface area contributed by atoms with Crippen molar-refractivity contribution in [1.82, 2.24) is 19.7 Å². The molecule has 1 aliphatic rings. The summed E-state index contributed by atoms with van der Waals surface area (Å²) in [6, 6.07) is 2.03. The van der Waals surface area contributed by atoms with Gasteiger partial charge in [-0.3, -0.25) is 4.98 Å². The number of rotatable bonds is 6. The molecule has 0 bridgehead atoms. The highest BCUT2D eigenvalue weighted by Crippen LogP contribution is 2.26. The van der Waals surface area contributed by atoms with Crippen LogP contribution in [0, 0.1) is 19.8 Å². The van der Waals surface area contributed by atoms with Crippen molar-refractivity contribution in [2.75, 3.05) is 18.5 Å². The Balaban J connectivity index is 1.52. The van der Waals surface area contributed by atoms with Gasteiger partial charge in [0.1, 0.15) is 5.82 Å². The Kier molecular flexibility index (Phi) is 5.45. The lowest BCUT2D eigenvalue weighted by Crippen LogP contribution is -2.27. The van der Waals surface area contributed by atoms with E-state index in [-0.39, 0.29) is 0 Å². The minimum absolute atomic E-state index is 0.410. The van der Waals surface area contributed by atoms with Gasteiger partial charge in [0.05, 0.1) is 30.8 Å². The molecule has 1 N–H and O–H groups in total. The molecule has 2 aromatic heterocycles. The maximum atomic E-state index is 6.03. The van der Waals surface area contributed by atoms with E-state index in [1.807, 2.05) is 24.6 Å². The predicted octanol–water partition coefficient (Wildman–Crippen LogP) is 3.29. The Morgan fingerprint density at radius 1 is 1.25 bits per heavy atom. The SMILES string of the molecule is Cc1cc(C)n(-c2cncc(NCCOC3CCCCC3C)n2)n1. The molecular formula is C18H27N5O. The maximum absolute atomic E-state index is 6.03. The third kappa shape index (κ3) is 4.12. The Bertz CT molecular complexity index is 669. The summed E-state index contributed by atoms with van der Waals surface area (Å²) in [7, 11) is 0. The van der Waals surface area contributed by atoms with E-state index < -0.39 is 0 Å². The summed E-state index contributed by atoms with van der Waals surface area (Å²) in [5.41, 5.74) is 2.02. The van der Waals surface area contributed by atoms with Gasteiger partial charge in [-0.2, -0.15) is 5.10 Å². The monoisotopic (exact) mass is 329 g/mol. The van der Waals surface area contributed by atoms with Crippen molar-refractivity contribution in [3.8, 4) is 5.82 Å². The number of nitrogens with one attached hydrogen (secondary N) is 1. The first-order valence-electron chi connectivity index (χ1n) is 8.84. The topological polar surface area (TPSA) is 64.9 Å². The van der Waals surface area contributed by atoms with E-state index in [1.54, 1.807) is 12.4 Å². The Hall–Kier alpha value is -1.95. The molecule has 1 fully saturated rings. The number of anilines is 1. The van der Waals surface area contributed by atoms with Crippen molar-refractivity contribution in [3.05, 3.63) is 29.8 Å². The zero-order valence-corrected chi connectivity index (χ0v) is 14.8. The summed E-state index contributed by atoms with van der Waals surface area (Å²) in [5.74, 6) is 2.15. The minimum atomic E-state index is 0.410. The van der Waals surface area contributed by atoms with Crippen molar-refractivity contribution in [2.45, 2.75) is 52.6 Å². The fraction of sp³-hybridized carbons (Fsp3) is 0.611. The quantitative estimate of drug-likeness (QED) is 0.824. The number of nitrogens with zero attached hydrogens (tertiary/aromatic N) is 4. The van der Waals surface area contributed by atoms with Crippen LogP contribution in [0.5, 0.6) is 0 Å². The van der Waals surface area contributed by atoms with Crippen LogP contribution in [0.3, 0.4) is 0 Å². The van der Waals surface area contributed by atoms with Crippen LogP contribution in [0.4, 0.5) is 5.82 Å². The van der Waals surface area contributed by atoms with E-state index in [1.165, 1.54) is 25.7 Å². The van der Waals surface area contributed by atoms with E-state index in [4.69, 9.17) is 4.74 Å². The highest BCUT2D eigenvalue weighted by molar-refractivity contribution is 5.36. The molecule has 130 valence electrons. The normalized spacial score (nSPS) is 21.0. The summed E-state index contributed by atoms with van der Waals surface area (Å²) < 4.78 is 7.84. The lowest BCUT2D eigenvalue weighted by molar-refractivity contribution is 0.000371. The largest absolute Gasteiger partial charge is 0.376 e. The van der Waals surface area contributed by atoms with Crippen LogP contribution >= 0.6 is 0 Å². The van der Waals surface area contributed by atoms with Gasteiger partial charge in [-0.1, -0.05) is 19.8 Å². The molecule has 2 aromatic rings. The molecule has 0 aliphatic heterocycles. The van der Waals surface area contributed by atoms with E-state index in [2.05, 4.69) is 27.3 Å². The van der Waals surface area contributed by atoms with Crippen molar-refractivity contribution >= 4 is 5.82 Å². The van der Waals surface area contributed by atoms with E-state index >= 15 is 0 Å². The fourth-order valence-corrected chi connectivity index (χ4v) is 3.32. The standard InChI is InChI=1S/C18H27N5O/c1-13-6-4-5-7-16(13)24-9-8-20-17-11-19-12-18(21-17)23-15(3)10-14(2)22-23/h10-13,16H,4-9H2,1-3H3,(H,20,21). The maximum Gasteiger partial charge on any atom is 0.174 e. The highest BCUT2D eigenvalue weighted by Gasteiger charge is 2.21. The number of ether oxygens (including phenoxy) is 1. The second-order valence-electron chi connectivity index (χ2n) is 6.70. The molecule has 0 radical (unpaired) electrons. The molecule has 1 aliphatic carbocycles. The van der Waals surface area contributed by atoms with Gasteiger partial charge in [0.15, 0.2) is 5.82 Å². The molecule has 2 heterocycles. The first-order chi connectivity index (χ1) is 11.6. The lowest BCUT2D eigenvalue weighted by atomic mass is 9.88. The molecule has 6 heteroatoms. The lowest BCUT2D eigenvalue weighted by Gasteiger charge is -2.28. The zero-order valence-electron chi connectivity index (χ0n) is 14.8. The second kappa shape index (κ2) is 7.75. The first kappa shape index (κ1) is 16.9. The summed E-state index contributed by atoms with van der Waals surface area (Å²) in [5, 5.41) is 7.74. The van der Waals surface area contributed by atoms with Crippen LogP contribution in [0.1, 0.15) is 44.0 Å². The van der Waals surface area contributed by atoms with Gasteiger partial charge in [-0.05, 0) is 38.7 Å². The average Bonchev–Trinajstić information content (AvgIpc) is 2.92. The highest BCUT2D eigenvalue weighted by atomic mass is 16.5. The van der Waals surface area contributed by atoms with Gasteiger partial charge in [0, 0.05) is 12.2 Å². The van der Waals surface area contributed by atoms with Gasteiger partial charge < -0.3 is 10.1 Å². The van der Waals surface area contributed by atoms with Gasteiger partial charge >= 0.3 is 0 Å². The van der Waals surface area contributed by atoms with Crippen molar-refractivity contribution in [1.29, 1.82) is 0 Å². The van der Waals surface area contributed by atoms with Crippen LogP contribution in [-0.4, -0.2) is 39.0 Å². The Morgan fingerprint density at radius 2 is 2.08 bits per heavy atom. The molecule has 6 nitrogen and oxygen atoms in total. The van der Waals surface area contributed by atoms with Gasteiger partial charge in [-0.15, -0.1) is 0 Å². The van der Waals surface area contributed by atoms with Gasteiger partial charge in [-0.25, -0.2) is 9.67 Å². The minimum Gasteiger partial charge on any atom is -0.376 e. The third-order valence-electron chi connectivity index (χ3n) is 4.62. The Labute approximate surface area is 143 Å². The third-order valence-corrected chi connectivity index (χ3v) is 4.62. The van der Waals surface area contributed by atoms with Crippen LogP contribution < -0.4 is 5.32 Å². The first-order valence-corrected chi connectivity index (χ1v) is 8.84. The average molecular weight is 329 g/mol. The van der Waals surface area contributed by atoms with E-state index in [0.29, 0.717) is 18.6 Å². The molecule has 0 amide bonds. The van der Waals surface area contributed by atoms with Crippen molar-refractivity contribution in [2.24, 2.45) is 5.92 Å². The second-order valence-corrected chi connectivity index (χ2v) is 6.70. The van der Waals surface area contributed by atoms with Crippen LogP contribution in [0.15, 0.2) is 18.5 Å². The molecule has 0 saturated heterocycles.